The van der Waals surface area contributed by atoms with E-state index < -0.39 is 12.1 Å². The molecule has 2 aromatic rings. The molecule has 8 nitrogen and oxygen atoms in total. The van der Waals surface area contributed by atoms with Gasteiger partial charge in [0.2, 0.25) is 5.88 Å². The maximum absolute atomic E-state index is 13.6. The van der Waals surface area contributed by atoms with Crippen molar-refractivity contribution in [2.45, 2.75) is 51.7 Å². The Balaban J connectivity index is 1.59. The van der Waals surface area contributed by atoms with Gasteiger partial charge in [0.15, 0.2) is 0 Å². The van der Waals surface area contributed by atoms with Gasteiger partial charge in [-0.15, -0.1) is 0 Å². The zero-order valence-electron chi connectivity index (χ0n) is 21.6. The number of allylic oxidation sites excluding steroid dienone is 2. The number of aliphatic hydroxyl groups is 1. The lowest BCUT2D eigenvalue weighted by molar-refractivity contribution is 0.0356. The fourth-order valence-corrected chi connectivity index (χ4v) is 4.70. The van der Waals surface area contributed by atoms with Crippen molar-refractivity contribution in [3.05, 3.63) is 59.5 Å². The number of carbonyl (C=O) groups is 2. The summed E-state index contributed by atoms with van der Waals surface area (Å²) in [5.74, 6) is -0.540. The van der Waals surface area contributed by atoms with Crippen molar-refractivity contribution in [3.63, 3.8) is 0 Å². The summed E-state index contributed by atoms with van der Waals surface area (Å²) in [6, 6.07) is 6.64. The highest BCUT2D eigenvalue weighted by Crippen LogP contribution is 2.32. The maximum atomic E-state index is 13.6. The van der Waals surface area contributed by atoms with Gasteiger partial charge in [-0.3, -0.25) is 4.79 Å². The molecule has 0 bridgehead atoms. The first-order chi connectivity index (χ1) is 17.8. The Morgan fingerprint density at radius 3 is 2.76 bits per heavy atom. The minimum Gasteiger partial charge on any atom is -0.472 e. The number of hydrogen-bond acceptors (Lipinski definition) is 5. The van der Waals surface area contributed by atoms with Gasteiger partial charge in [-0.1, -0.05) is 13.0 Å². The third-order valence-electron chi connectivity index (χ3n) is 7.08. The molecule has 37 heavy (non-hydrogen) atoms. The molecule has 2 aliphatic rings. The lowest BCUT2D eigenvalue weighted by atomic mass is 9.93. The molecule has 9 heteroatoms. The van der Waals surface area contributed by atoms with Crippen molar-refractivity contribution in [1.29, 1.82) is 0 Å². The standard InChI is InChI=1S/C28H35FN4O4/c1-18-15-33(19(2)17-34)27(35)24-13-21(20-7-5-4-6-8-20)14-30-26(24)37-25(18)16-32(3)28(36)31-23-11-9-22(29)10-12-23/h7,9-14,18-19,25,34H,4-6,8,15-17H2,1-3H3,(H,31,36)/t18-,19-,25-/m1/s1. The molecule has 3 atom stereocenters. The van der Waals surface area contributed by atoms with Crippen LogP contribution in [0.15, 0.2) is 42.6 Å². The predicted octanol–water partition coefficient (Wildman–Crippen LogP) is 4.56. The number of pyridine rings is 1. The number of benzene rings is 1. The molecule has 1 aliphatic heterocycles. The summed E-state index contributed by atoms with van der Waals surface area (Å²) in [6.07, 6.45) is 7.71. The van der Waals surface area contributed by atoms with E-state index >= 15 is 0 Å². The molecule has 0 radical (unpaired) electrons. The summed E-state index contributed by atoms with van der Waals surface area (Å²) in [5, 5.41) is 12.6. The van der Waals surface area contributed by atoms with E-state index in [1.807, 2.05) is 19.9 Å². The number of nitrogens with zero attached hydrogens (tertiary/aromatic N) is 3. The Kier molecular flexibility index (Phi) is 8.43. The Morgan fingerprint density at radius 2 is 2.08 bits per heavy atom. The van der Waals surface area contributed by atoms with Crippen molar-refractivity contribution < 1.29 is 23.8 Å². The number of ether oxygens (including phenoxy) is 1. The lowest BCUT2D eigenvalue weighted by Crippen LogP contribution is -2.50. The molecule has 4 rings (SSSR count). The number of aliphatic hydroxyl groups excluding tert-OH is 1. The summed E-state index contributed by atoms with van der Waals surface area (Å²) in [5.41, 5.74) is 2.93. The van der Waals surface area contributed by atoms with Gasteiger partial charge in [-0.25, -0.2) is 14.2 Å². The van der Waals surface area contributed by atoms with Gasteiger partial charge in [-0.05, 0) is 74.1 Å². The highest BCUT2D eigenvalue weighted by molar-refractivity contribution is 5.97. The molecule has 0 unspecified atom stereocenters. The first-order valence-electron chi connectivity index (χ1n) is 12.8. The summed E-state index contributed by atoms with van der Waals surface area (Å²) in [7, 11) is 1.65. The SMILES string of the molecule is C[C@@H]1CN([C@H](C)CO)C(=O)c2cc(C3=CCCCC3)cnc2O[C@@H]1CN(C)C(=O)Nc1ccc(F)cc1. The number of carbonyl (C=O) groups excluding carboxylic acids is 2. The molecule has 0 fully saturated rings. The number of anilines is 1. The second-order valence-electron chi connectivity index (χ2n) is 9.99. The van der Waals surface area contributed by atoms with Crippen molar-refractivity contribution in [3.8, 4) is 5.88 Å². The average Bonchev–Trinajstić information content (AvgIpc) is 2.91. The smallest absolute Gasteiger partial charge is 0.321 e. The summed E-state index contributed by atoms with van der Waals surface area (Å²) < 4.78 is 19.5. The molecule has 1 aromatic carbocycles. The Morgan fingerprint density at radius 1 is 1.32 bits per heavy atom. The van der Waals surface area contributed by atoms with Gasteiger partial charge in [0, 0.05) is 31.4 Å². The van der Waals surface area contributed by atoms with E-state index in [2.05, 4.69) is 16.4 Å². The Hall–Kier alpha value is -3.46. The fraction of sp³-hybridized carbons (Fsp3) is 0.464. The zero-order valence-corrected chi connectivity index (χ0v) is 21.6. The molecule has 2 N–H and O–H groups in total. The fourth-order valence-electron chi connectivity index (χ4n) is 4.70. The van der Waals surface area contributed by atoms with E-state index in [0.29, 0.717) is 17.8 Å². The van der Waals surface area contributed by atoms with Gasteiger partial charge in [-0.2, -0.15) is 0 Å². The van der Waals surface area contributed by atoms with E-state index in [-0.39, 0.29) is 42.7 Å². The van der Waals surface area contributed by atoms with E-state index in [9.17, 15) is 19.1 Å². The van der Waals surface area contributed by atoms with Crippen LogP contribution in [0.25, 0.3) is 5.57 Å². The molecule has 0 saturated carbocycles. The minimum atomic E-state index is -0.462. The minimum absolute atomic E-state index is 0.158. The summed E-state index contributed by atoms with van der Waals surface area (Å²) in [4.78, 5) is 34.1. The molecular formula is C28H35FN4O4. The number of rotatable bonds is 6. The van der Waals surface area contributed by atoms with E-state index in [1.54, 1.807) is 18.1 Å². The van der Waals surface area contributed by atoms with E-state index in [1.165, 1.54) is 34.7 Å². The summed E-state index contributed by atoms with van der Waals surface area (Å²) in [6.45, 7) is 4.18. The van der Waals surface area contributed by atoms with Crippen molar-refractivity contribution in [1.82, 2.24) is 14.8 Å². The number of halogens is 1. The summed E-state index contributed by atoms with van der Waals surface area (Å²) >= 11 is 0. The largest absolute Gasteiger partial charge is 0.472 e. The van der Waals surface area contributed by atoms with Crippen LogP contribution in [0.2, 0.25) is 0 Å². The number of aromatic nitrogens is 1. The van der Waals surface area contributed by atoms with E-state index in [0.717, 1.165) is 31.2 Å². The van der Waals surface area contributed by atoms with Gasteiger partial charge in [0.1, 0.15) is 17.5 Å². The maximum Gasteiger partial charge on any atom is 0.321 e. The lowest BCUT2D eigenvalue weighted by Gasteiger charge is -2.37. The second kappa shape index (κ2) is 11.7. The molecule has 3 amide bonds. The highest BCUT2D eigenvalue weighted by Gasteiger charge is 2.35. The second-order valence-corrected chi connectivity index (χ2v) is 9.99. The van der Waals surface area contributed by atoms with Crippen LogP contribution >= 0.6 is 0 Å². The Bertz CT molecular complexity index is 1150. The molecule has 1 aliphatic carbocycles. The third kappa shape index (κ3) is 6.28. The van der Waals surface area contributed by atoms with Crippen LogP contribution in [0.4, 0.5) is 14.9 Å². The normalized spacial score (nSPS) is 20.6. The highest BCUT2D eigenvalue weighted by atomic mass is 19.1. The van der Waals surface area contributed by atoms with Crippen LogP contribution in [0.3, 0.4) is 0 Å². The number of amides is 3. The third-order valence-corrected chi connectivity index (χ3v) is 7.08. The quantitative estimate of drug-likeness (QED) is 0.594. The number of nitrogens with one attached hydrogen (secondary N) is 1. The van der Waals surface area contributed by atoms with Gasteiger partial charge < -0.3 is 25.0 Å². The van der Waals surface area contributed by atoms with Gasteiger partial charge in [0.25, 0.3) is 5.91 Å². The van der Waals surface area contributed by atoms with Crippen LogP contribution in [-0.2, 0) is 0 Å². The number of likely N-dealkylation sites (N-methyl/N-ethyl adjacent to an activating group) is 1. The van der Waals surface area contributed by atoms with Crippen LogP contribution in [0.5, 0.6) is 5.88 Å². The molecule has 2 heterocycles. The van der Waals surface area contributed by atoms with Crippen LogP contribution in [0, 0.1) is 11.7 Å². The van der Waals surface area contributed by atoms with Crippen LogP contribution < -0.4 is 10.1 Å². The number of fused-ring (bicyclic) bond motifs is 1. The Labute approximate surface area is 217 Å². The first kappa shape index (κ1) is 26.6. The molecule has 0 saturated heterocycles. The van der Waals surface area contributed by atoms with E-state index in [4.69, 9.17) is 4.74 Å². The van der Waals surface area contributed by atoms with Crippen molar-refractivity contribution in [2.75, 3.05) is 32.1 Å². The molecular weight excluding hydrogens is 475 g/mol. The number of hydrogen-bond donors (Lipinski definition) is 2. The van der Waals surface area contributed by atoms with Gasteiger partial charge >= 0.3 is 6.03 Å². The van der Waals surface area contributed by atoms with Crippen LogP contribution in [-0.4, -0.2) is 70.7 Å². The monoisotopic (exact) mass is 510 g/mol. The molecule has 198 valence electrons. The van der Waals surface area contributed by atoms with Crippen molar-refractivity contribution >= 4 is 23.2 Å². The van der Waals surface area contributed by atoms with Crippen molar-refractivity contribution in [2.24, 2.45) is 5.92 Å². The first-order valence-corrected chi connectivity index (χ1v) is 12.8. The van der Waals surface area contributed by atoms with Crippen LogP contribution in [0.1, 0.15) is 55.5 Å². The predicted molar refractivity (Wildman–Crippen MR) is 140 cm³/mol. The topological polar surface area (TPSA) is 95.0 Å². The molecule has 0 spiro atoms. The zero-order chi connectivity index (χ0) is 26.5. The average molecular weight is 511 g/mol. The molecule has 1 aromatic heterocycles. The van der Waals surface area contributed by atoms with Gasteiger partial charge in [0.05, 0.1) is 19.2 Å². The number of urea groups is 1.